The molecule has 1 unspecified atom stereocenters. The highest BCUT2D eigenvalue weighted by Gasteiger charge is 2.37. The van der Waals surface area contributed by atoms with Gasteiger partial charge in [-0.25, -0.2) is 0 Å². The summed E-state index contributed by atoms with van der Waals surface area (Å²) in [5, 5.41) is 1.24. The maximum absolute atomic E-state index is 6.30. The third-order valence-corrected chi connectivity index (χ3v) is 6.12. The molecule has 1 heterocycles. The van der Waals surface area contributed by atoms with Crippen molar-refractivity contribution >= 4 is 8.32 Å². The first kappa shape index (κ1) is 12.3. The zero-order chi connectivity index (χ0) is 12.5. The zero-order valence-electron chi connectivity index (χ0n) is 10.9. The van der Waals surface area contributed by atoms with Gasteiger partial charge < -0.3 is 4.43 Å². The van der Waals surface area contributed by atoms with Crippen molar-refractivity contribution in [2.45, 2.75) is 32.5 Å². The van der Waals surface area contributed by atoms with Gasteiger partial charge in [-0.1, -0.05) is 43.0 Å². The molecule has 1 nitrogen and oxygen atoms in total. The molecule has 1 aliphatic rings. The highest BCUT2D eigenvalue weighted by molar-refractivity contribution is 6.79. The second-order valence-electron chi connectivity index (χ2n) is 5.02. The number of rotatable bonds is 1. The lowest BCUT2D eigenvalue weighted by Crippen LogP contribution is -2.39. The fourth-order valence-corrected chi connectivity index (χ4v) is 4.42. The van der Waals surface area contributed by atoms with Crippen LogP contribution >= 0.6 is 0 Å². The minimum Gasteiger partial charge on any atom is -0.406 e. The Bertz CT molecular complexity index is 445. The number of benzene rings is 1. The van der Waals surface area contributed by atoms with Crippen LogP contribution in [0.2, 0.25) is 13.1 Å². The van der Waals surface area contributed by atoms with E-state index in [9.17, 15) is 0 Å². The molecule has 1 aromatic carbocycles. The Kier molecular flexibility index (Phi) is 3.36. The van der Waals surface area contributed by atoms with Crippen molar-refractivity contribution < 1.29 is 4.43 Å². The Labute approximate surface area is 105 Å². The molecule has 17 heavy (non-hydrogen) atoms. The van der Waals surface area contributed by atoms with Crippen molar-refractivity contribution in [3.8, 4) is 0 Å². The molecule has 0 N–H and O–H groups in total. The number of hydrogen-bond acceptors (Lipinski definition) is 1. The normalized spacial score (nSPS) is 26.2. The first-order chi connectivity index (χ1) is 8.04. The minimum atomic E-state index is -1.79. The van der Waals surface area contributed by atoms with Crippen LogP contribution in [0.4, 0.5) is 0 Å². The van der Waals surface area contributed by atoms with E-state index in [4.69, 9.17) is 4.43 Å². The molecule has 0 aromatic heterocycles. The zero-order valence-corrected chi connectivity index (χ0v) is 11.9. The molecule has 0 radical (unpaired) electrons. The first-order valence-electron chi connectivity index (χ1n) is 6.12. The Morgan fingerprint density at radius 3 is 2.53 bits per heavy atom. The summed E-state index contributed by atoms with van der Waals surface area (Å²) in [6, 6.07) is 10.5. The van der Waals surface area contributed by atoms with Gasteiger partial charge in [0.05, 0.1) is 6.10 Å². The average molecular weight is 244 g/mol. The fraction of sp³-hybridized carbons (Fsp3) is 0.333. The van der Waals surface area contributed by atoms with Gasteiger partial charge in [0.15, 0.2) is 0 Å². The monoisotopic (exact) mass is 244 g/mol. The van der Waals surface area contributed by atoms with Crippen LogP contribution in [0.15, 0.2) is 53.8 Å². The molecular weight excluding hydrogens is 224 g/mol. The molecule has 2 rings (SSSR count). The molecule has 0 amide bonds. The van der Waals surface area contributed by atoms with Gasteiger partial charge in [-0.3, -0.25) is 0 Å². The van der Waals surface area contributed by atoms with Gasteiger partial charge in [0.1, 0.15) is 0 Å². The van der Waals surface area contributed by atoms with E-state index >= 15 is 0 Å². The Morgan fingerprint density at radius 1 is 1.29 bits per heavy atom. The van der Waals surface area contributed by atoms with Crippen molar-refractivity contribution in [3.05, 3.63) is 59.3 Å². The lowest BCUT2D eigenvalue weighted by Gasteiger charge is -2.38. The van der Waals surface area contributed by atoms with Crippen LogP contribution in [0, 0.1) is 0 Å². The lowest BCUT2D eigenvalue weighted by molar-refractivity contribution is 0.190. The predicted molar refractivity (Wildman–Crippen MR) is 75.3 cm³/mol. The van der Waals surface area contributed by atoms with E-state index in [1.54, 1.807) is 0 Å². The topological polar surface area (TPSA) is 9.23 Å². The summed E-state index contributed by atoms with van der Waals surface area (Å²) in [6.45, 7) is 10.8. The third kappa shape index (κ3) is 2.43. The van der Waals surface area contributed by atoms with Crippen molar-refractivity contribution in [3.63, 3.8) is 0 Å². The maximum atomic E-state index is 6.30. The minimum absolute atomic E-state index is 0.203. The molecule has 2 heteroatoms. The predicted octanol–water partition coefficient (Wildman–Crippen LogP) is 4.39. The van der Waals surface area contributed by atoms with E-state index in [1.807, 2.05) is 6.07 Å². The maximum Gasteiger partial charge on any atom is 0.218 e. The van der Waals surface area contributed by atoms with Crippen LogP contribution < -0.4 is 0 Å². The van der Waals surface area contributed by atoms with E-state index in [-0.39, 0.29) is 6.10 Å². The summed E-state index contributed by atoms with van der Waals surface area (Å²) in [4.78, 5) is 0. The van der Waals surface area contributed by atoms with E-state index in [0.29, 0.717) is 0 Å². The van der Waals surface area contributed by atoms with E-state index < -0.39 is 8.32 Å². The lowest BCUT2D eigenvalue weighted by atomic mass is 10.0. The quantitative estimate of drug-likeness (QED) is 0.666. The highest BCUT2D eigenvalue weighted by Crippen LogP contribution is 2.40. The molecule has 90 valence electrons. The van der Waals surface area contributed by atoms with Gasteiger partial charge in [-0.15, -0.1) is 0 Å². The largest absolute Gasteiger partial charge is 0.406 e. The van der Waals surface area contributed by atoms with Crippen LogP contribution in [0.5, 0.6) is 0 Å². The Balaban J connectivity index is 2.31. The molecule has 1 aromatic rings. The molecule has 0 saturated carbocycles. The molecule has 1 saturated heterocycles. The summed E-state index contributed by atoms with van der Waals surface area (Å²) in [5.41, 5.74) is 2.65. The van der Waals surface area contributed by atoms with Crippen LogP contribution in [0.3, 0.4) is 0 Å². The van der Waals surface area contributed by atoms with Gasteiger partial charge in [0.2, 0.25) is 8.32 Å². The second-order valence-corrected chi connectivity index (χ2v) is 8.88. The van der Waals surface area contributed by atoms with Crippen LogP contribution in [0.25, 0.3) is 0 Å². The summed E-state index contributed by atoms with van der Waals surface area (Å²) < 4.78 is 6.30. The highest BCUT2D eigenvalue weighted by atomic mass is 28.4. The number of hydrogen-bond donors (Lipinski definition) is 0. The van der Waals surface area contributed by atoms with Gasteiger partial charge in [0, 0.05) is 6.42 Å². The van der Waals surface area contributed by atoms with Gasteiger partial charge in [-0.2, -0.15) is 0 Å². The fourth-order valence-electron chi connectivity index (χ4n) is 2.32. The summed E-state index contributed by atoms with van der Waals surface area (Å²) in [7, 11) is -1.79. The van der Waals surface area contributed by atoms with E-state index in [2.05, 4.69) is 56.9 Å². The third-order valence-electron chi connectivity index (χ3n) is 3.48. The van der Waals surface area contributed by atoms with Gasteiger partial charge >= 0.3 is 0 Å². The van der Waals surface area contributed by atoms with Crippen molar-refractivity contribution in [2.24, 2.45) is 0 Å². The SMILES string of the molecule is C=C1/C(=C/C)CC(c2ccccc2)O[Si]1(C)C. The van der Waals surface area contributed by atoms with Crippen molar-refractivity contribution in [1.29, 1.82) is 0 Å². The van der Waals surface area contributed by atoms with Crippen LogP contribution in [-0.2, 0) is 4.43 Å². The average Bonchev–Trinajstić information content (AvgIpc) is 2.33. The molecule has 0 bridgehead atoms. The number of allylic oxidation sites excluding steroid dienone is 2. The molecule has 0 spiro atoms. The Hall–Kier alpha value is -1.12. The van der Waals surface area contributed by atoms with Crippen LogP contribution in [0.1, 0.15) is 25.0 Å². The van der Waals surface area contributed by atoms with E-state index in [0.717, 1.165) is 6.42 Å². The molecular formula is C15H20OSi. The molecule has 0 aliphatic carbocycles. The van der Waals surface area contributed by atoms with Crippen LogP contribution in [-0.4, -0.2) is 8.32 Å². The Morgan fingerprint density at radius 2 is 1.94 bits per heavy atom. The summed E-state index contributed by atoms with van der Waals surface area (Å²) in [5.74, 6) is 0. The van der Waals surface area contributed by atoms with Gasteiger partial charge in [-0.05, 0) is 36.4 Å². The first-order valence-corrected chi connectivity index (χ1v) is 9.03. The smallest absolute Gasteiger partial charge is 0.218 e. The summed E-state index contributed by atoms with van der Waals surface area (Å²) >= 11 is 0. The van der Waals surface area contributed by atoms with Crippen molar-refractivity contribution in [1.82, 2.24) is 0 Å². The van der Waals surface area contributed by atoms with E-state index in [1.165, 1.54) is 16.3 Å². The molecule has 1 atom stereocenters. The standard InChI is InChI=1S/C15H20OSi/c1-5-13-11-15(14-9-7-6-8-10-14)16-17(3,4)12(13)2/h5-10,15H,2,11H2,1,3-4H3/b13-5+. The van der Waals surface area contributed by atoms with Gasteiger partial charge in [0.25, 0.3) is 0 Å². The molecule has 1 fully saturated rings. The summed E-state index contributed by atoms with van der Waals surface area (Å²) in [6.07, 6.45) is 3.35. The van der Waals surface area contributed by atoms with Crippen molar-refractivity contribution in [2.75, 3.05) is 0 Å². The molecule has 1 aliphatic heterocycles. The second kappa shape index (κ2) is 4.63.